The van der Waals surface area contributed by atoms with Crippen LogP contribution in [0.3, 0.4) is 0 Å². The van der Waals surface area contributed by atoms with Gasteiger partial charge in [-0.15, -0.1) is 0 Å². The van der Waals surface area contributed by atoms with Crippen molar-refractivity contribution in [1.82, 2.24) is 14.7 Å². The Labute approximate surface area is 193 Å². The van der Waals surface area contributed by atoms with Crippen molar-refractivity contribution in [2.24, 2.45) is 11.8 Å². The predicted molar refractivity (Wildman–Crippen MR) is 132 cm³/mol. The van der Waals surface area contributed by atoms with E-state index in [1.165, 1.54) is 0 Å². The number of nitrogens with two attached hydrogens (primary N) is 1. The Morgan fingerprint density at radius 1 is 0.879 bits per heavy atom. The van der Waals surface area contributed by atoms with E-state index in [2.05, 4.69) is 20.0 Å². The Hall–Kier alpha value is -3.23. The molecule has 1 aliphatic carbocycles. The third-order valence-corrected chi connectivity index (χ3v) is 7.85. The minimum atomic E-state index is -3.54. The Bertz CT molecular complexity index is 1410. The van der Waals surface area contributed by atoms with Crippen LogP contribution in [0, 0.1) is 11.8 Å². The third-order valence-electron chi connectivity index (χ3n) is 6.42. The van der Waals surface area contributed by atoms with E-state index in [0.717, 1.165) is 47.5 Å². The van der Waals surface area contributed by atoms with Gasteiger partial charge in [-0.05, 0) is 66.1 Å². The van der Waals surface area contributed by atoms with Crippen LogP contribution in [-0.4, -0.2) is 31.5 Å². The van der Waals surface area contributed by atoms with Gasteiger partial charge in [-0.1, -0.05) is 42.5 Å². The summed E-state index contributed by atoms with van der Waals surface area (Å²) in [6.45, 7) is 1.19. The number of benzene rings is 3. The van der Waals surface area contributed by atoms with E-state index in [-0.39, 0.29) is 0 Å². The maximum atomic E-state index is 12.8. The number of sulfonamides is 1. The average Bonchev–Trinajstić information content (AvgIpc) is 3.29. The highest BCUT2D eigenvalue weighted by Crippen LogP contribution is 2.31. The number of hydrogen-bond acceptors (Lipinski definition) is 6. The number of nitrogens with one attached hydrogen (secondary N) is 2. The van der Waals surface area contributed by atoms with Crippen LogP contribution >= 0.6 is 0 Å². The number of anilines is 2. The Morgan fingerprint density at radius 2 is 1.61 bits per heavy atom. The fraction of sp³-hybridized carbons (Fsp3) is 0.280. The molecule has 1 fully saturated rings. The molecule has 1 heterocycles. The lowest BCUT2D eigenvalue weighted by Gasteiger charge is -2.14. The topological polar surface area (TPSA) is 110 Å². The van der Waals surface area contributed by atoms with Gasteiger partial charge in [0.15, 0.2) is 0 Å². The molecular weight excluding hydrogens is 434 g/mol. The monoisotopic (exact) mass is 461 g/mol. The minimum Gasteiger partial charge on any atom is -0.383 e. The van der Waals surface area contributed by atoms with Crippen molar-refractivity contribution in [1.29, 1.82) is 0 Å². The second-order valence-electron chi connectivity index (χ2n) is 8.74. The molecule has 4 N–H and O–H groups in total. The van der Waals surface area contributed by atoms with Gasteiger partial charge in [0.2, 0.25) is 16.0 Å². The molecule has 0 aliphatic heterocycles. The number of fused-ring (bicyclic) bond motifs is 2. The van der Waals surface area contributed by atoms with Gasteiger partial charge in [0.1, 0.15) is 5.82 Å². The highest BCUT2D eigenvalue weighted by atomic mass is 32.2. The maximum Gasteiger partial charge on any atom is 0.240 e. The van der Waals surface area contributed by atoms with Gasteiger partial charge < -0.3 is 11.1 Å². The summed E-state index contributed by atoms with van der Waals surface area (Å²) < 4.78 is 28.4. The molecule has 8 heteroatoms. The fourth-order valence-corrected chi connectivity index (χ4v) is 5.76. The molecule has 7 nitrogen and oxygen atoms in total. The van der Waals surface area contributed by atoms with Crippen LogP contribution in [-0.2, 0) is 10.0 Å². The zero-order valence-corrected chi connectivity index (χ0v) is 19.1. The summed E-state index contributed by atoms with van der Waals surface area (Å²) in [7, 11) is -3.54. The smallest absolute Gasteiger partial charge is 0.240 e. The molecule has 33 heavy (non-hydrogen) atoms. The average molecular weight is 462 g/mol. The first-order chi connectivity index (χ1) is 16.0. The lowest BCUT2D eigenvalue weighted by Crippen LogP contribution is -2.28. The molecule has 1 saturated carbocycles. The van der Waals surface area contributed by atoms with Crippen LogP contribution in [0.1, 0.15) is 19.3 Å². The zero-order chi connectivity index (χ0) is 22.8. The molecule has 4 aromatic rings. The third kappa shape index (κ3) is 4.77. The van der Waals surface area contributed by atoms with Crippen molar-refractivity contribution in [2.75, 3.05) is 24.1 Å². The molecule has 0 radical (unpaired) electrons. The van der Waals surface area contributed by atoms with Crippen molar-refractivity contribution >= 4 is 43.5 Å². The Balaban J connectivity index is 1.16. The molecule has 170 valence electrons. The van der Waals surface area contributed by atoms with E-state index < -0.39 is 10.0 Å². The quantitative estimate of drug-likeness (QED) is 0.381. The standard InChI is InChI=1S/C25H27N5O2S/c26-24-22-7-3-4-8-23(22)29-25(30-24)27-15-17-9-10-18(13-17)16-28-33(31,32)21-12-11-19-5-1-2-6-20(19)14-21/h1-8,11-12,14,17-18,28H,9-10,13,15-16H2,(H3,26,27,29,30). The van der Waals surface area contributed by atoms with Crippen LogP contribution in [0.25, 0.3) is 21.7 Å². The van der Waals surface area contributed by atoms with Crippen molar-refractivity contribution < 1.29 is 8.42 Å². The molecule has 1 aromatic heterocycles. The normalized spacial score (nSPS) is 18.7. The highest BCUT2D eigenvalue weighted by molar-refractivity contribution is 7.89. The molecule has 5 rings (SSSR count). The summed E-state index contributed by atoms with van der Waals surface area (Å²) in [5.41, 5.74) is 6.88. The highest BCUT2D eigenvalue weighted by Gasteiger charge is 2.26. The summed E-state index contributed by atoms with van der Waals surface area (Å²) in [5, 5.41) is 6.11. The van der Waals surface area contributed by atoms with E-state index in [9.17, 15) is 8.42 Å². The molecule has 1 aliphatic rings. The van der Waals surface area contributed by atoms with Crippen molar-refractivity contribution in [3.05, 3.63) is 66.7 Å². The van der Waals surface area contributed by atoms with E-state index in [4.69, 9.17) is 5.73 Å². The molecule has 0 saturated heterocycles. The van der Waals surface area contributed by atoms with Gasteiger partial charge in [0, 0.05) is 18.5 Å². The number of para-hydroxylation sites is 1. The number of nitrogen functional groups attached to an aromatic ring is 1. The number of hydrogen-bond donors (Lipinski definition) is 3. The van der Waals surface area contributed by atoms with Gasteiger partial charge in [-0.2, -0.15) is 4.98 Å². The first kappa shape index (κ1) is 21.6. The van der Waals surface area contributed by atoms with Crippen LogP contribution in [0.5, 0.6) is 0 Å². The van der Waals surface area contributed by atoms with Crippen molar-refractivity contribution in [3.8, 4) is 0 Å². The number of aromatic nitrogens is 2. The second-order valence-corrected chi connectivity index (χ2v) is 10.5. The van der Waals surface area contributed by atoms with E-state index in [1.54, 1.807) is 12.1 Å². The first-order valence-corrected chi connectivity index (χ1v) is 12.7. The lowest BCUT2D eigenvalue weighted by atomic mass is 10.1. The van der Waals surface area contributed by atoms with Crippen molar-refractivity contribution in [2.45, 2.75) is 24.2 Å². The summed E-state index contributed by atoms with van der Waals surface area (Å²) in [5.74, 6) is 1.76. The molecule has 0 amide bonds. The molecular formula is C25H27N5O2S. The zero-order valence-electron chi connectivity index (χ0n) is 18.2. The summed E-state index contributed by atoms with van der Waals surface area (Å²) in [6, 6.07) is 20.7. The molecule has 0 spiro atoms. The number of nitrogens with zero attached hydrogens (tertiary/aromatic N) is 2. The SMILES string of the molecule is Nc1nc(NCC2CCC(CNS(=O)(=O)c3ccc4ccccc4c3)C2)nc2ccccc12. The predicted octanol–water partition coefficient (Wildman–Crippen LogP) is 4.17. The van der Waals surface area contributed by atoms with Gasteiger partial charge in [0.25, 0.3) is 0 Å². The summed E-state index contributed by atoms with van der Waals surface area (Å²) in [4.78, 5) is 9.22. The lowest BCUT2D eigenvalue weighted by molar-refractivity contribution is 0.491. The van der Waals surface area contributed by atoms with E-state index in [1.807, 2.05) is 54.6 Å². The largest absolute Gasteiger partial charge is 0.383 e. The van der Waals surface area contributed by atoms with Crippen LogP contribution < -0.4 is 15.8 Å². The van der Waals surface area contributed by atoms with Crippen LogP contribution in [0.15, 0.2) is 71.6 Å². The second kappa shape index (κ2) is 8.96. The van der Waals surface area contributed by atoms with Gasteiger partial charge in [0.05, 0.1) is 10.4 Å². The van der Waals surface area contributed by atoms with E-state index in [0.29, 0.717) is 35.0 Å². The van der Waals surface area contributed by atoms with Crippen LogP contribution in [0.2, 0.25) is 0 Å². The molecule has 0 bridgehead atoms. The molecule has 2 atom stereocenters. The van der Waals surface area contributed by atoms with Crippen molar-refractivity contribution in [3.63, 3.8) is 0 Å². The van der Waals surface area contributed by atoms with Gasteiger partial charge >= 0.3 is 0 Å². The molecule has 2 unspecified atom stereocenters. The van der Waals surface area contributed by atoms with E-state index >= 15 is 0 Å². The fourth-order valence-electron chi connectivity index (χ4n) is 4.61. The maximum absolute atomic E-state index is 12.8. The minimum absolute atomic E-state index is 0.309. The molecule has 3 aromatic carbocycles. The first-order valence-electron chi connectivity index (χ1n) is 11.2. The Morgan fingerprint density at radius 3 is 2.45 bits per heavy atom. The Kier molecular flexibility index (Phi) is 5.86. The van der Waals surface area contributed by atoms with Gasteiger partial charge in [-0.25, -0.2) is 18.1 Å². The van der Waals surface area contributed by atoms with Crippen LogP contribution in [0.4, 0.5) is 11.8 Å². The van der Waals surface area contributed by atoms with Gasteiger partial charge in [-0.3, -0.25) is 0 Å². The summed E-state index contributed by atoms with van der Waals surface area (Å²) >= 11 is 0. The number of rotatable bonds is 7. The summed E-state index contributed by atoms with van der Waals surface area (Å²) in [6.07, 6.45) is 2.99.